The summed E-state index contributed by atoms with van der Waals surface area (Å²) in [6.45, 7) is 2.91. The van der Waals surface area contributed by atoms with Crippen LogP contribution in [0, 0.1) is 0 Å². The Morgan fingerprint density at radius 2 is 2.45 bits per heavy atom. The van der Waals surface area contributed by atoms with E-state index in [9.17, 15) is 0 Å². The van der Waals surface area contributed by atoms with Crippen molar-refractivity contribution in [3.05, 3.63) is 0 Å². The van der Waals surface area contributed by atoms with Crippen LogP contribution in [-0.2, 0) is 9.47 Å². The van der Waals surface area contributed by atoms with E-state index in [2.05, 4.69) is 15.9 Å². The summed E-state index contributed by atoms with van der Waals surface area (Å²) in [5, 5.41) is 0.882. The average Bonchev–Trinajstić information content (AvgIpc) is 2.06. The lowest BCUT2D eigenvalue weighted by molar-refractivity contribution is -0.179. The first kappa shape index (κ1) is 9.49. The lowest BCUT2D eigenvalue weighted by Gasteiger charge is -2.25. The van der Waals surface area contributed by atoms with Crippen molar-refractivity contribution in [3.63, 3.8) is 0 Å². The Morgan fingerprint density at radius 1 is 1.64 bits per heavy atom. The molecule has 2 nitrogen and oxygen atoms in total. The Bertz CT molecular complexity index is 102. The highest BCUT2D eigenvalue weighted by molar-refractivity contribution is 9.09. The van der Waals surface area contributed by atoms with E-state index < -0.39 is 0 Å². The molecule has 0 radical (unpaired) electrons. The molecule has 11 heavy (non-hydrogen) atoms. The fourth-order valence-electron chi connectivity index (χ4n) is 1.11. The van der Waals surface area contributed by atoms with Gasteiger partial charge in [-0.1, -0.05) is 15.9 Å². The van der Waals surface area contributed by atoms with E-state index in [1.165, 1.54) is 12.8 Å². The molecule has 0 N–H and O–H groups in total. The van der Waals surface area contributed by atoms with Crippen LogP contribution in [0.1, 0.15) is 26.2 Å². The summed E-state index contributed by atoms with van der Waals surface area (Å²) in [6.07, 6.45) is 3.79. The molecule has 3 heteroatoms. The Balaban J connectivity index is 2.13. The predicted molar refractivity (Wildman–Crippen MR) is 47.9 cm³/mol. The van der Waals surface area contributed by atoms with E-state index in [-0.39, 0.29) is 12.4 Å². The SMILES string of the molecule is C[C@@H](CBr)OC1CCCCO1. The van der Waals surface area contributed by atoms with Gasteiger partial charge >= 0.3 is 0 Å². The second-order valence-electron chi connectivity index (χ2n) is 2.90. The Labute approximate surface area is 76.4 Å². The van der Waals surface area contributed by atoms with Gasteiger partial charge in [0.1, 0.15) is 0 Å². The summed E-state index contributed by atoms with van der Waals surface area (Å²) in [4.78, 5) is 0. The molecule has 1 rings (SSSR count). The molecule has 1 saturated heterocycles. The van der Waals surface area contributed by atoms with Crippen molar-refractivity contribution < 1.29 is 9.47 Å². The zero-order chi connectivity index (χ0) is 8.10. The standard InChI is InChI=1S/C8H15BrO2/c1-7(6-9)11-8-4-2-3-5-10-8/h7-8H,2-6H2,1H3/t7-,8?/m0/s1. The summed E-state index contributed by atoms with van der Waals surface area (Å²) < 4.78 is 11.0. The van der Waals surface area contributed by atoms with Crippen molar-refractivity contribution in [1.82, 2.24) is 0 Å². The summed E-state index contributed by atoms with van der Waals surface area (Å²) >= 11 is 3.36. The van der Waals surface area contributed by atoms with Gasteiger partial charge in [-0.15, -0.1) is 0 Å². The van der Waals surface area contributed by atoms with Crippen LogP contribution in [0.5, 0.6) is 0 Å². The van der Waals surface area contributed by atoms with Crippen molar-refractivity contribution in [1.29, 1.82) is 0 Å². The number of rotatable bonds is 3. The first-order valence-corrected chi connectivity index (χ1v) is 5.28. The summed E-state index contributed by atoms with van der Waals surface area (Å²) in [6, 6.07) is 0. The third-order valence-electron chi connectivity index (χ3n) is 1.74. The average molecular weight is 223 g/mol. The maximum absolute atomic E-state index is 5.57. The topological polar surface area (TPSA) is 18.5 Å². The van der Waals surface area contributed by atoms with E-state index >= 15 is 0 Å². The van der Waals surface area contributed by atoms with E-state index in [4.69, 9.17) is 9.47 Å². The van der Waals surface area contributed by atoms with Gasteiger partial charge in [0.25, 0.3) is 0 Å². The minimum Gasteiger partial charge on any atom is -0.353 e. The van der Waals surface area contributed by atoms with Crippen LogP contribution >= 0.6 is 15.9 Å². The van der Waals surface area contributed by atoms with Gasteiger partial charge in [-0.3, -0.25) is 0 Å². The normalized spacial score (nSPS) is 28.4. The highest BCUT2D eigenvalue weighted by atomic mass is 79.9. The number of alkyl halides is 1. The van der Waals surface area contributed by atoms with Crippen LogP contribution < -0.4 is 0 Å². The second kappa shape index (κ2) is 5.12. The molecule has 0 aliphatic carbocycles. The fourth-order valence-corrected chi connectivity index (χ4v) is 1.27. The second-order valence-corrected chi connectivity index (χ2v) is 3.54. The maximum Gasteiger partial charge on any atom is 0.157 e. The number of ether oxygens (including phenoxy) is 2. The Morgan fingerprint density at radius 3 is 3.00 bits per heavy atom. The molecule has 0 aromatic carbocycles. The maximum atomic E-state index is 5.57. The molecule has 1 heterocycles. The molecular formula is C8H15BrO2. The van der Waals surface area contributed by atoms with E-state index in [1.54, 1.807) is 0 Å². The Kier molecular flexibility index (Phi) is 4.41. The van der Waals surface area contributed by atoms with Gasteiger partial charge in [-0.05, 0) is 26.2 Å². The third-order valence-corrected chi connectivity index (χ3v) is 2.65. The largest absolute Gasteiger partial charge is 0.353 e. The van der Waals surface area contributed by atoms with Crippen LogP contribution in [0.15, 0.2) is 0 Å². The minimum absolute atomic E-state index is 0.0521. The Hall–Kier alpha value is 0.400. The third kappa shape index (κ3) is 3.54. The van der Waals surface area contributed by atoms with Crippen molar-refractivity contribution in [2.24, 2.45) is 0 Å². The van der Waals surface area contributed by atoms with Crippen LogP contribution in [0.3, 0.4) is 0 Å². The van der Waals surface area contributed by atoms with Crippen molar-refractivity contribution in [2.75, 3.05) is 11.9 Å². The highest BCUT2D eigenvalue weighted by Gasteiger charge is 2.16. The van der Waals surface area contributed by atoms with Gasteiger partial charge in [0.05, 0.1) is 6.10 Å². The van der Waals surface area contributed by atoms with Crippen molar-refractivity contribution >= 4 is 15.9 Å². The molecule has 0 bridgehead atoms. The van der Waals surface area contributed by atoms with E-state index in [0.29, 0.717) is 0 Å². The fraction of sp³-hybridized carbons (Fsp3) is 1.00. The molecule has 0 aromatic rings. The summed E-state index contributed by atoms with van der Waals surface area (Å²) in [5.74, 6) is 0. The van der Waals surface area contributed by atoms with Gasteiger partial charge in [0.15, 0.2) is 6.29 Å². The zero-order valence-corrected chi connectivity index (χ0v) is 8.47. The lowest BCUT2D eigenvalue weighted by atomic mass is 10.2. The van der Waals surface area contributed by atoms with Gasteiger partial charge in [0, 0.05) is 11.9 Å². The quantitative estimate of drug-likeness (QED) is 0.683. The smallest absolute Gasteiger partial charge is 0.157 e. The molecule has 2 atom stereocenters. The number of halogens is 1. The van der Waals surface area contributed by atoms with Gasteiger partial charge in [-0.25, -0.2) is 0 Å². The van der Waals surface area contributed by atoms with Crippen LogP contribution in [0.2, 0.25) is 0 Å². The molecular weight excluding hydrogens is 208 g/mol. The zero-order valence-electron chi connectivity index (χ0n) is 6.88. The molecule has 1 aliphatic heterocycles. The van der Waals surface area contributed by atoms with Crippen LogP contribution in [0.25, 0.3) is 0 Å². The molecule has 66 valence electrons. The first-order chi connectivity index (χ1) is 5.33. The molecule has 0 aromatic heterocycles. The van der Waals surface area contributed by atoms with Crippen molar-refractivity contribution in [3.8, 4) is 0 Å². The highest BCUT2D eigenvalue weighted by Crippen LogP contribution is 2.15. The van der Waals surface area contributed by atoms with Gasteiger partial charge < -0.3 is 9.47 Å². The predicted octanol–water partition coefficient (Wildman–Crippen LogP) is 2.31. The molecule has 0 saturated carbocycles. The monoisotopic (exact) mass is 222 g/mol. The molecule has 0 spiro atoms. The van der Waals surface area contributed by atoms with Gasteiger partial charge in [-0.2, -0.15) is 0 Å². The molecule has 1 fully saturated rings. The molecule has 1 aliphatic rings. The van der Waals surface area contributed by atoms with Crippen LogP contribution in [0.4, 0.5) is 0 Å². The summed E-state index contributed by atoms with van der Waals surface area (Å²) in [5.41, 5.74) is 0. The molecule has 0 amide bonds. The minimum atomic E-state index is 0.0521. The molecule has 1 unspecified atom stereocenters. The number of hydrogen-bond donors (Lipinski definition) is 0. The number of hydrogen-bond acceptors (Lipinski definition) is 2. The summed E-state index contributed by atoms with van der Waals surface area (Å²) in [7, 11) is 0. The van der Waals surface area contributed by atoms with Crippen molar-refractivity contribution in [2.45, 2.75) is 38.6 Å². The van der Waals surface area contributed by atoms with E-state index in [0.717, 1.165) is 18.4 Å². The van der Waals surface area contributed by atoms with Gasteiger partial charge in [0.2, 0.25) is 0 Å². The van der Waals surface area contributed by atoms with E-state index in [1.807, 2.05) is 6.92 Å². The first-order valence-electron chi connectivity index (χ1n) is 4.16. The lowest BCUT2D eigenvalue weighted by Crippen LogP contribution is -2.27. The van der Waals surface area contributed by atoms with Crippen LogP contribution in [-0.4, -0.2) is 24.3 Å².